The average Bonchev–Trinajstić information content (AvgIpc) is 2.27. The maximum absolute atomic E-state index is 10.9. The molecule has 18 heavy (non-hydrogen) atoms. The van der Waals surface area contributed by atoms with Crippen molar-refractivity contribution in [3.63, 3.8) is 0 Å². The molecule has 0 saturated carbocycles. The molecule has 0 fully saturated rings. The van der Waals surface area contributed by atoms with Gasteiger partial charge in [-0.25, -0.2) is 0 Å². The molecule has 0 heterocycles. The molecule has 5 nitrogen and oxygen atoms in total. The Labute approximate surface area is 112 Å². The zero-order chi connectivity index (χ0) is 14.1. The molecule has 0 aliphatic rings. The average molecular weight is 262 g/mol. The van der Waals surface area contributed by atoms with Crippen LogP contribution in [0.3, 0.4) is 0 Å². The Morgan fingerprint density at radius 1 is 1.22 bits per heavy atom. The molecule has 0 bridgehead atoms. The molecule has 92 valence electrons. The maximum atomic E-state index is 10.9. The second kappa shape index (κ2) is 5.08. The first kappa shape index (κ1) is 15.3. The third-order valence-corrected chi connectivity index (χ3v) is 3.41. The molecular formula is C8H14B4NO4P. The molecule has 1 unspecified atom stereocenters. The Morgan fingerprint density at radius 3 is 2.11 bits per heavy atom. The zero-order valence-electron chi connectivity index (χ0n) is 10.9. The molecule has 0 saturated heterocycles. The number of nitro groups is 1. The maximum Gasteiger partial charge on any atom is 0.270 e. The minimum absolute atomic E-state index is 0.0558. The van der Waals surface area contributed by atoms with Gasteiger partial charge in [-0.3, -0.25) is 10.1 Å². The molecule has 0 aliphatic heterocycles. The third-order valence-electron chi connectivity index (χ3n) is 2.82. The Balaban J connectivity index is 3.46. The first-order valence-electron chi connectivity index (χ1n) is 5.48. The molecule has 1 aromatic carbocycles. The van der Waals surface area contributed by atoms with Gasteiger partial charge in [-0.2, -0.15) is 0 Å². The van der Waals surface area contributed by atoms with Crippen molar-refractivity contribution >= 4 is 46.5 Å². The van der Waals surface area contributed by atoms with Crippen molar-refractivity contribution in [1.82, 2.24) is 0 Å². The van der Waals surface area contributed by atoms with Crippen molar-refractivity contribution in [3.05, 3.63) is 39.4 Å². The summed E-state index contributed by atoms with van der Waals surface area (Å²) in [5.74, 6) is 0. The molecule has 10 heteroatoms. The van der Waals surface area contributed by atoms with Gasteiger partial charge in [0.1, 0.15) is 31.4 Å². The van der Waals surface area contributed by atoms with E-state index in [2.05, 4.69) is 9.47 Å². The second-order valence-electron chi connectivity index (χ2n) is 5.21. The summed E-state index contributed by atoms with van der Waals surface area (Å²) in [6.07, 6.45) is 0. The molecule has 1 aromatic rings. The van der Waals surface area contributed by atoms with E-state index < -0.39 is 15.7 Å². The normalized spacial score (nSPS) is 12.3. The number of aliphatic hydroxyl groups is 1. The van der Waals surface area contributed by atoms with Gasteiger partial charge in [-0.05, 0) is 20.6 Å². The summed E-state index contributed by atoms with van der Waals surface area (Å²) < 4.78 is 5.24. The number of hydrogen-bond donors (Lipinski definition) is 1. The van der Waals surface area contributed by atoms with Gasteiger partial charge in [0.25, 0.3) is 5.69 Å². The standard InChI is InChI=1S/C8H14B4NO4P/c9-7(10,14)4-1-5(8(11,12)17-18)3-6(2-4)13(15)16/h1-3,14H,9-12,18H2. The van der Waals surface area contributed by atoms with Crippen molar-refractivity contribution in [2.45, 2.75) is 10.8 Å². The molecule has 1 rings (SSSR count). The molecule has 0 aromatic heterocycles. The van der Waals surface area contributed by atoms with Crippen LogP contribution < -0.4 is 0 Å². The Hall–Kier alpha value is -0.770. The van der Waals surface area contributed by atoms with Crippen LogP contribution in [0.15, 0.2) is 18.2 Å². The van der Waals surface area contributed by atoms with E-state index >= 15 is 0 Å². The molecule has 1 atom stereocenters. The fourth-order valence-corrected chi connectivity index (χ4v) is 1.62. The molecule has 0 spiro atoms. The van der Waals surface area contributed by atoms with Gasteiger partial charge in [0.2, 0.25) is 0 Å². The van der Waals surface area contributed by atoms with E-state index in [-0.39, 0.29) is 5.69 Å². The highest BCUT2D eigenvalue weighted by molar-refractivity contribution is 7.10. The molecular weight excluding hydrogens is 248 g/mol. The van der Waals surface area contributed by atoms with Crippen molar-refractivity contribution in [3.8, 4) is 0 Å². The van der Waals surface area contributed by atoms with E-state index in [1.54, 1.807) is 37.5 Å². The zero-order valence-corrected chi connectivity index (χ0v) is 12.1. The van der Waals surface area contributed by atoms with Crippen LogP contribution in [0.1, 0.15) is 11.1 Å². The number of hydrogen-bond acceptors (Lipinski definition) is 4. The molecule has 0 radical (unpaired) electrons. The summed E-state index contributed by atoms with van der Waals surface area (Å²) in [6.45, 7) is 0. The number of nitro benzene ring substituents is 1. The van der Waals surface area contributed by atoms with Crippen LogP contribution in [0.4, 0.5) is 5.69 Å². The summed E-state index contributed by atoms with van der Waals surface area (Å²) in [5.41, 5.74) is 1.07. The minimum atomic E-state index is -1.14. The fourth-order valence-electron chi connectivity index (χ4n) is 1.49. The van der Waals surface area contributed by atoms with E-state index in [0.29, 0.717) is 11.1 Å². The van der Waals surface area contributed by atoms with Crippen molar-refractivity contribution in [1.29, 1.82) is 0 Å². The van der Waals surface area contributed by atoms with E-state index in [4.69, 9.17) is 4.52 Å². The molecule has 0 amide bonds. The lowest BCUT2D eigenvalue weighted by atomic mass is 9.58. The van der Waals surface area contributed by atoms with Crippen LogP contribution in [0.2, 0.25) is 0 Å². The third kappa shape index (κ3) is 3.37. The van der Waals surface area contributed by atoms with Crippen LogP contribution in [0.5, 0.6) is 0 Å². The summed E-state index contributed by atoms with van der Waals surface area (Å²) in [5, 5.41) is 19.1. The smallest absolute Gasteiger partial charge is 0.270 e. The number of benzene rings is 1. The summed E-state index contributed by atoms with van der Waals surface area (Å²) in [4.78, 5) is 10.5. The summed E-state index contributed by atoms with van der Waals surface area (Å²) in [7, 11) is 8.93. The lowest BCUT2D eigenvalue weighted by Gasteiger charge is -2.26. The Morgan fingerprint density at radius 2 is 1.72 bits per heavy atom. The highest BCUT2D eigenvalue weighted by Gasteiger charge is 2.26. The highest BCUT2D eigenvalue weighted by atomic mass is 31.0. The van der Waals surface area contributed by atoms with Crippen molar-refractivity contribution < 1.29 is 14.6 Å². The van der Waals surface area contributed by atoms with Crippen LogP contribution in [0.25, 0.3) is 0 Å². The predicted octanol–water partition coefficient (Wildman–Crippen LogP) is -2.85. The second-order valence-corrected chi connectivity index (χ2v) is 5.45. The van der Waals surface area contributed by atoms with Crippen molar-refractivity contribution in [2.24, 2.45) is 0 Å². The predicted molar refractivity (Wildman–Crippen MR) is 83.6 cm³/mol. The van der Waals surface area contributed by atoms with Crippen LogP contribution in [-0.4, -0.2) is 41.4 Å². The first-order chi connectivity index (χ1) is 8.08. The van der Waals surface area contributed by atoms with Gasteiger partial charge < -0.3 is 9.63 Å². The van der Waals surface area contributed by atoms with Gasteiger partial charge >= 0.3 is 0 Å². The first-order valence-corrected chi connectivity index (χ1v) is 5.96. The van der Waals surface area contributed by atoms with E-state index in [9.17, 15) is 15.2 Å². The lowest BCUT2D eigenvalue weighted by Crippen LogP contribution is -2.30. The van der Waals surface area contributed by atoms with Gasteiger partial charge in [0.15, 0.2) is 0 Å². The fraction of sp³-hybridized carbons (Fsp3) is 0.250. The lowest BCUT2D eigenvalue weighted by molar-refractivity contribution is -0.385. The SMILES string of the molecule is BC(B)(O)c1cc([N+](=O)[O-])cc(C(B)(B)OP)c1. The van der Waals surface area contributed by atoms with Crippen LogP contribution in [0, 0.1) is 10.1 Å². The topological polar surface area (TPSA) is 72.6 Å². The Kier molecular flexibility index (Phi) is 4.31. The highest BCUT2D eigenvalue weighted by Crippen LogP contribution is 2.29. The van der Waals surface area contributed by atoms with E-state index in [0.717, 1.165) is 0 Å². The molecule has 0 aliphatic carbocycles. The number of rotatable bonds is 4. The monoisotopic (exact) mass is 263 g/mol. The number of nitrogens with zero attached hydrogens (tertiary/aromatic N) is 1. The Bertz CT molecular complexity index is 477. The van der Waals surface area contributed by atoms with Crippen LogP contribution >= 0.6 is 9.47 Å². The van der Waals surface area contributed by atoms with Gasteiger partial charge in [0.05, 0.1) is 4.92 Å². The number of non-ortho nitro benzene ring substituents is 1. The van der Waals surface area contributed by atoms with E-state index in [1.165, 1.54) is 12.1 Å². The summed E-state index contributed by atoms with van der Waals surface area (Å²) in [6, 6.07) is 4.55. The van der Waals surface area contributed by atoms with Gasteiger partial charge in [-0.15, -0.1) is 0 Å². The molecule has 1 N–H and O–H groups in total. The minimum Gasteiger partial charge on any atom is -0.403 e. The van der Waals surface area contributed by atoms with Gasteiger partial charge in [-0.1, -0.05) is 6.07 Å². The van der Waals surface area contributed by atoms with Crippen molar-refractivity contribution in [2.75, 3.05) is 0 Å². The van der Waals surface area contributed by atoms with E-state index in [1.807, 2.05) is 0 Å². The quantitative estimate of drug-likeness (QED) is 0.274. The van der Waals surface area contributed by atoms with Crippen LogP contribution in [-0.2, 0) is 15.3 Å². The largest absolute Gasteiger partial charge is 0.403 e. The summed E-state index contributed by atoms with van der Waals surface area (Å²) >= 11 is 0. The van der Waals surface area contributed by atoms with Gasteiger partial charge in [0, 0.05) is 22.9 Å².